The molecule has 12 heavy (non-hydrogen) atoms. The summed E-state index contributed by atoms with van der Waals surface area (Å²) in [5.74, 6) is 0.0197. The first-order valence-corrected chi connectivity index (χ1v) is 4.40. The molecule has 1 fully saturated rings. The molecule has 3 nitrogen and oxygen atoms in total. The van der Waals surface area contributed by atoms with Crippen LogP contribution in [0.25, 0.3) is 0 Å². The minimum atomic E-state index is -0.352. The molecule has 0 aromatic carbocycles. The van der Waals surface area contributed by atoms with E-state index in [1.54, 1.807) is 0 Å². The quantitative estimate of drug-likeness (QED) is 0.609. The van der Waals surface area contributed by atoms with Gasteiger partial charge >= 0.3 is 0 Å². The van der Waals surface area contributed by atoms with Crippen LogP contribution in [0.1, 0.15) is 33.6 Å². The maximum atomic E-state index is 11.4. The Morgan fingerprint density at radius 3 is 2.25 bits per heavy atom. The van der Waals surface area contributed by atoms with Gasteiger partial charge in [-0.1, -0.05) is 20.8 Å². The molecule has 0 aromatic rings. The van der Waals surface area contributed by atoms with E-state index in [1.807, 2.05) is 20.8 Å². The molecule has 1 rings (SSSR count). The van der Waals surface area contributed by atoms with E-state index in [0.29, 0.717) is 0 Å². The standard InChI is InChI=1S/C9H17NO2/c1-9(2,3)8(12)10-6-4-5-7(6)11/h6-7,11H,4-5H2,1-3H3,(H,10,12). The lowest BCUT2D eigenvalue weighted by atomic mass is 9.87. The summed E-state index contributed by atoms with van der Waals surface area (Å²) < 4.78 is 0. The van der Waals surface area contributed by atoms with Crippen molar-refractivity contribution in [2.75, 3.05) is 0 Å². The second-order valence-corrected chi connectivity index (χ2v) is 4.47. The second-order valence-electron chi connectivity index (χ2n) is 4.47. The zero-order chi connectivity index (χ0) is 9.35. The Kier molecular flexibility index (Phi) is 2.42. The van der Waals surface area contributed by atoms with Gasteiger partial charge in [-0.25, -0.2) is 0 Å². The Bertz CT molecular complexity index is 183. The van der Waals surface area contributed by atoms with Gasteiger partial charge in [0.25, 0.3) is 0 Å². The number of rotatable bonds is 1. The highest BCUT2D eigenvalue weighted by atomic mass is 16.3. The molecule has 1 aliphatic rings. The molecule has 0 bridgehead atoms. The first-order chi connectivity index (χ1) is 5.41. The van der Waals surface area contributed by atoms with E-state index in [2.05, 4.69) is 5.32 Å². The lowest BCUT2D eigenvalue weighted by molar-refractivity contribution is -0.131. The molecule has 70 valence electrons. The number of nitrogens with one attached hydrogen (secondary N) is 1. The molecule has 0 aliphatic heterocycles. The first kappa shape index (κ1) is 9.52. The average Bonchev–Trinajstić information content (AvgIpc) is 1.95. The summed E-state index contributed by atoms with van der Waals surface area (Å²) in [6.07, 6.45) is 1.40. The first-order valence-electron chi connectivity index (χ1n) is 4.40. The van der Waals surface area contributed by atoms with Crippen molar-refractivity contribution in [2.24, 2.45) is 5.41 Å². The third-order valence-electron chi connectivity index (χ3n) is 2.24. The van der Waals surface area contributed by atoms with E-state index >= 15 is 0 Å². The minimum absolute atomic E-state index is 0.00303. The fourth-order valence-electron chi connectivity index (χ4n) is 1.04. The molecular formula is C9H17NO2. The zero-order valence-corrected chi connectivity index (χ0v) is 7.92. The van der Waals surface area contributed by atoms with Gasteiger partial charge in [-0.2, -0.15) is 0 Å². The molecule has 0 spiro atoms. The normalized spacial score (nSPS) is 29.3. The smallest absolute Gasteiger partial charge is 0.225 e. The van der Waals surface area contributed by atoms with E-state index < -0.39 is 0 Å². The zero-order valence-electron chi connectivity index (χ0n) is 7.92. The molecule has 0 saturated heterocycles. The van der Waals surface area contributed by atoms with E-state index in [4.69, 9.17) is 0 Å². The predicted molar refractivity (Wildman–Crippen MR) is 46.6 cm³/mol. The van der Waals surface area contributed by atoms with Crippen molar-refractivity contribution in [1.82, 2.24) is 5.32 Å². The maximum Gasteiger partial charge on any atom is 0.225 e. The van der Waals surface area contributed by atoms with Crippen molar-refractivity contribution in [1.29, 1.82) is 0 Å². The van der Waals surface area contributed by atoms with E-state index in [1.165, 1.54) is 0 Å². The van der Waals surface area contributed by atoms with Crippen LogP contribution >= 0.6 is 0 Å². The van der Waals surface area contributed by atoms with Crippen LogP contribution in [0.15, 0.2) is 0 Å². The Morgan fingerprint density at radius 2 is 2.00 bits per heavy atom. The van der Waals surface area contributed by atoms with E-state index in [-0.39, 0.29) is 23.5 Å². The molecule has 1 saturated carbocycles. The average molecular weight is 171 g/mol. The van der Waals surface area contributed by atoms with E-state index in [0.717, 1.165) is 12.8 Å². The van der Waals surface area contributed by atoms with Gasteiger partial charge in [0.15, 0.2) is 0 Å². The molecule has 2 N–H and O–H groups in total. The highest BCUT2D eigenvalue weighted by molar-refractivity contribution is 5.81. The fourth-order valence-corrected chi connectivity index (χ4v) is 1.04. The van der Waals surface area contributed by atoms with Crippen molar-refractivity contribution in [3.8, 4) is 0 Å². The van der Waals surface area contributed by atoms with Gasteiger partial charge in [-0.05, 0) is 12.8 Å². The number of amides is 1. The molecule has 2 atom stereocenters. The van der Waals surface area contributed by atoms with Crippen LogP contribution in [-0.4, -0.2) is 23.2 Å². The van der Waals surface area contributed by atoms with Crippen molar-refractivity contribution in [2.45, 2.75) is 45.8 Å². The third kappa shape index (κ3) is 1.97. The summed E-state index contributed by atoms with van der Waals surface area (Å²) in [5, 5.41) is 12.0. The molecule has 0 heterocycles. The summed E-state index contributed by atoms with van der Waals surface area (Å²) in [6.45, 7) is 5.61. The van der Waals surface area contributed by atoms with E-state index in [9.17, 15) is 9.90 Å². The number of hydrogen-bond acceptors (Lipinski definition) is 2. The fraction of sp³-hybridized carbons (Fsp3) is 0.889. The van der Waals surface area contributed by atoms with Crippen LogP contribution in [0.2, 0.25) is 0 Å². The number of hydrogen-bond donors (Lipinski definition) is 2. The lowest BCUT2D eigenvalue weighted by Gasteiger charge is -2.34. The number of carbonyl (C=O) groups is 1. The van der Waals surface area contributed by atoms with Crippen LogP contribution in [0, 0.1) is 5.41 Å². The summed E-state index contributed by atoms with van der Waals surface area (Å²) in [7, 11) is 0. The highest BCUT2D eigenvalue weighted by Crippen LogP contribution is 2.21. The van der Waals surface area contributed by atoms with Crippen molar-refractivity contribution in [3.05, 3.63) is 0 Å². The Labute approximate surface area is 73.2 Å². The summed E-state index contributed by atoms with van der Waals surface area (Å²) >= 11 is 0. The van der Waals surface area contributed by atoms with Crippen molar-refractivity contribution < 1.29 is 9.90 Å². The Morgan fingerprint density at radius 1 is 1.42 bits per heavy atom. The molecule has 1 aliphatic carbocycles. The molecule has 0 aromatic heterocycles. The van der Waals surface area contributed by atoms with Crippen LogP contribution in [0.5, 0.6) is 0 Å². The Hall–Kier alpha value is -0.570. The highest BCUT2D eigenvalue weighted by Gasteiger charge is 2.32. The topological polar surface area (TPSA) is 49.3 Å². The second kappa shape index (κ2) is 3.05. The lowest BCUT2D eigenvalue weighted by Crippen LogP contribution is -2.52. The molecule has 1 amide bonds. The number of aliphatic hydroxyl groups excluding tert-OH is 1. The number of carbonyl (C=O) groups excluding carboxylic acids is 1. The van der Waals surface area contributed by atoms with Gasteiger partial charge in [0, 0.05) is 5.41 Å². The molecule has 0 radical (unpaired) electrons. The third-order valence-corrected chi connectivity index (χ3v) is 2.24. The van der Waals surface area contributed by atoms with Crippen LogP contribution in [0.4, 0.5) is 0 Å². The SMILES string of the molecule is CC(C)(C)C(=O)NC1CCC1O. The molecule has 3 heteroatoms. The predicted octanol–water partition coefficient (Wildman–Crippen LogP) is 0.672. The van der Waals surface area contributed by atoms with Crippen molar-refractivity contribution >= 4 is 5.91 Å². The van der Waals surface area contributed by atoms with Gasteiger partial charge in [0.2, 0.25) is 5.91 Å². The van der Waals surface area contributed by atoms with Crippen LogP contribution in [0.3, 0.4) is 0 Å². The van der Waals surface area contributed by atoms with Gasteiger partial charge in [-0.15, -0.1) is 0 Å². The number of aliphatic hydroxyl groups is 1. The van der Waals surface area contributed by atoms with Crippen LogP contribution in [-0.2, 0) is 4.79 Å². The molecule has 2 unspecified atom stereocenters. The molecular weight excluding hydrogens is 154 g/mol. The van der Waals surface area contributed by atoms with Crippen molar-refractivity contribution in [3.63, 3.8) is 0 Å². The van der Waals surface area contributed by atoms with Gasteiger partial charge in [0.1, 0.15) is 0 Å². The van der Waals surface area contributed by atoms with Gasteiger partial charge < -0.3 is 10.4 Å². The summed E-state index contributed by atoms with van der Waals surface area (Å²) in [4.78, 5) is 11.4. The summed E-state index contributed by atoms with van der Waals surface area (Å²) in [5.41, 5.74) is -0.352. The van der Waals surface area contributed by atoms with Gasteiger partial charge in [0.05, 0.1) is 12.1 Å². The largest absolute Gasteiger partial charge is 0.391 e. The Balaban J connectivity index is 2.36. The minimum Gasteiger partial charge on any atom is -0.391 e. The monoisotopic (exact) mass is 171 g/mol. The maximum absolute atomic E-state index is 11.4. The van der Waals surface area contributed by atoms with Gasteiger partial charge in [-0.3, -0.25) is 4.79 Å². The summed E-state index contributed by atoms with van der Waals surface area (Å²) in [6, 6.07) is -0.00303. The van der Waals surface area contributed by atoms with Crippen LogP contribution < -0.4 is 5.32 Å².